The summed E-state index contributed by atoms with van der Waals surface area (Å²) >= 11 is 0. The Bertz CT molecular complexity index is 1110. The molecule has 1 unspecified atom stereocenters. The van der Waals surface area contributed by atoms with E-state index < -0.39 is 0 Å². The molecule has 1 heterocycles. The maximum atomic E-state index is 12.8. The molecule has 0 radical (unpaired) electrons. The Morgan fingerprint density at radius 3 is 2.58 bits per heavy atom. The molecule has 0 spiro atoms. The highest BCUT2D eigenvalue weighted by Gasteiger charge is 2.51. The number of benzene rings is 2. The zero-order valence-electron chi connectivity index (χ0n) is 21.7. The number of nitrogens with one attached hydrogen (secondary N) is 1. The van der Waals surface area contributed by atoms with Gasteiger partial charge in [0.2, 0.25) is 5.91 Å². The maximum Gasteiger partial charge on any atom is 0.337 e. The number of piperidine rings is 1. The molecule has 2 bridgehead atoms. The van der Waals surface area contributed by atoms with Crippen LogP contribution in [-0.4, -0.2) is 56.7 Å². The third-order valence-corrected chi connectivity index (χ3v) is 8.87. The van der Waals surface area contributed by atoms with E-state index in [1.807, 2.05) is 12.1 Å². The highest BCUT2D eigenvalue weighted by atomic mass is 16.5. The first-order valence-electron chi connectivity index (χ1n) is 13.3. The summed E-state index contributed by atoms with van der Waals surface area (Å²) in [6.45, 7) is 5.44. The van der Waals surface area contributed by atoms with Crippen LogP contribution >= 0.6 is 0 Å². The molecule has 2 aromatic carbocycles. The van der Waals surface area contributed by atoms with E-state index >= 15 is 0 Å². The third-order valence-electron chi connectivity index (χ3n) is 8.87. The summed E-state index contributed by atoms with van der Waals surface area (Å²) in [5.74, 6) is 1.97. The zero-order valence-corrected chi connectivity index (χ0v) is 21.7. The summed E-state index contributed by atoms with van der Waals surface area (Å²) in [5.41, 5.74) is 4.28. The quantitative estimate of drug-likeness (QED) is 0.535. The number of hydrogen-bond donors (Lipinski definition) is 1. The molecule has 5 rings (SSSR count). The van der Waals surface area contributed by atoms with Crippen LogP contribution in [0.3, 0.4) is 0 Å². The Morgan fingerprint density at radius 1 is 1.11 bits per heavy atom. The van der Waals surface area contributed by atoms with Gasteiger partial charge in [0.15, 0.2) is 0 Å². The number of carbonyl (C=O) groups excluding carboxylic acids is 2. The first kappa shape index (κ1) is 24.8. The molecule has 3 aliphatic rings. The lowest BCUT2D eigenvalue weighted by molar-refractivity contribution is -0.120. The van der Waals surface area contributed by atoms with Gasteiger partial charge in [-0.25, -0.2) is 4.79 Å². The second-order valence-corrected chi connectivity index (χ2v) is 10.9. The van der Waals surface area contributed by atoms with Crippen molar-refractivity contribution in [3.8, 4) is 5.75 Å². The highest BCUT2D eigenvalue weighted by Crippen LogP contribution is 2.52. The molecule has 6 heteroatoms. The van der Waals surface area contributed by atoms with Crippen LogP contribution in [0.1, 0.15) is 59.7 Å². The lowest BCUT2D eigenvalue weighted by Crippen LogP contribution is -2.60. The van der Waals surface area contributed by atoms with Gasteiger partial charge in [-0.2, -0.15) is 0 Å². The van der Waals surface area contributed by atoms with Crippen molar-refractivity contribution >= 4 is 11.9 Å². The Labute approximate surface area is 214 Å². The average Bonchev–Trinajstić information content (AvgIpc) is 3.71. The molecule has 2 aliphatic carbocycles. The molecular weight excluding hydrogens is 452 g/mol. The van der Waals surface area contributed by atoms with Crippen molar-refractivity contribution in [1.29, 1.82) is 0 Å². The molecule has 192 valence electrons. The van der Waals surface area contributed by atoms with Gasteiger partial charge in [-0.05, 0) is 91.4 Å². The number of ether oxygens (including phenoxy) is 2. The molecule has 1 saturated heterocycles. The minimum atomic E-state index is -0.370. The SMILES string of the molecule is COC(=O)c1ccc(CC(=O)NCCC23CCN(CC4CC4)[C@H](Cc4ccc(OC)cc42)[C@@H]3C)cc1. The zero-order chi connectivity index (χ0) is 25.3. The summed E-state index contributed by atoms with van der Waals surface area (Å²) in [6.07, 6.45) is 6.20. The summed E-state index contributed by atoms with van der Waals surface area (Å²) in [6, 6.07) is 14.2. The molecule has 1 saturated carbocycles. The van der Waals surface area contributed by atoms with Crippen molar-refractivity contribution in [2.24, 2.45) is 11.8 Å². The number of likely N-dealkylation sites (tertiary alicyclic amines) is 1. The molecule has 1 amide bonds. The van der Waals surface area contributed by atoms with Gasteiger partial charge < -0.3 is 14.8 Å². The molecule has 3 atom stereocenters. The lowest BCUT2D eigenvalue weighted by atomic mass is 9.56. The van der Waals surface area contributed by atoms with Gasteiger partial charge >= 0.3 is 5.97 Å². The van der Waals surface area contributed by atoms with Crippen LogP contribution in [0.4, 0.5) is 0 Å². The van der Waals surface area contributed by atoms with Crippen molar-refractivity contribution in [2.75, 3.05) is 33.9 Å². The minimum absolute atomic E-state index is 0.00858. The summed E-state index contributed by atoms with van der Waals surface area (Å²) < 4.78 is 10.4. The molecule has 1 N–H and O–H groups in total. The lowest BCUT2D eigenvalue weighted by Gasteiger charge is -2.56. The molecule has 2 fully saturated rings. The van der Waals surface area contributed by atoms with Crippen molar-refractivity contribution in [3.05, 3.63) is 64.7 Å². The second kappa shape index (κ2) is 10.3. The van der Waals surface area contributed by atoms with Crippen LogP contribution in [-0.2, 0) is 27.8 Å². The van der Waals surface area contributed by atoms with E-state index in [4.69, 9.17) is 9.47 Å². The van der Waals surface area contributed by atoms with Gasteiger partial charge in [0.25, 0.3) is 0 Å². The van der Waals surface area contributed by atoms with Crippen molar-refractivity contribution in [3.63, 3.8) is 0 Å². The van der Waals surface area contributed by atoms with E-state index in [0.717, 1.165) is 43.0 Å². The molecule has 6 nitrogen and oxygen atoms in total. The molecular formula is C30H38N2O4. The largest absolute Gasteiger partial charge is 0.497 e. The Morgan fingerprint density at radius 2 is 1.89 bits per heavy atom. The molecule has 36 heavy (non-hydrogen) atoms. The number of esters is 1. The van der Waals surface area contributed by atoms with Crippen LogP contribution in [0, 0.1) is 11.8 Å². The van der Waals surface area contributed by atoms with E-state index in [1.54, 1.807) is 19.2 Å². The normalized spacial score (nSPS) is 25.1. The van der Waals surface area contributed by atoms with Gasteiger partial charge in [-0.1, -0.05) is 25.1 Å². The third kappa shape index (κ3) is 4.88. The molecule has 1 aliphatic heterocycles. The van der Waals surface area contributed by atoms with E-state index in [9.17, 15) is 9.59 Å². The monoisotopic (exact) mass is 490 g/mol. The van der Waals surface area contributed by atoms with Crippen LogP contribution in [0.15, 0.2) is 42.5 Å². The number of methoxy groups -OCH3 is 2. The van der Waals surface area contributed by atoms with Gasteiger partial charge in [-0.3, -0.25) is 9.69 Å². The van der Waals surface area contributed by atoms with Crippen LogP contribution in [0.2, 0.25) is 0 Å². The second-order valence-electron chi connectivity index (χ2n) is 10.9. The standard InChI is InChI=1S/C30H38N2O4/c1-20-27-17-24-10-11-25(35-2)18-26(24)30(20,13-15-32(27)19-22-4-5-22)12-14-31-28(33)16-21-6-8-23(9-7-21)29(34)36-3/h6-11,18,20,22,27H,4-5,12-17,19H2,1-3H3,(H,31,33)/t20-,27+,30?/m0/s1. The van der Waals surface area contributed by atoms with Crippen LogP contribution in [0.5, 0.6) is 5.75 Å². The minimum Gasteiger partial charge on any atom is -0.497 e. The fraction of sp³-hybridized carbons (Fsp3) is 0.533. The predicted molar refractivity (Wildman–Crippen MR) is 139 cm³/mol. The fourth-order valence-electron chi connectivity index (χ4n) is 6.55. The van der Waals surface area contributed by atoms with Gasteiger partial charge in [-0.15, -0.1) is 0 Å². The van der Waals surface area contributed by atoms with Crippen LogP contribution in [0.25, 0.3) is 0 Å². The number of rotatable bonds is 9. The van der Waals surface area contributed by atoms with Gasteiger partial charge in [0.05, 0.1) is 26.2 Å². The van der Waals surface area contributed by atoms with E-state index in [0.29, 0.717) is 30.5 Å². The topological polar surface area (TPSA) is 67.9 Å². The Balaban J connectivity index is 1.28. The number of hydrogen-bond acceptors (Lipinski definition) is 5. The van der Waals surface area contributed by atoms with Crippen LogP contribution < -0.4 is 10.1 Å². The smallest absolute Gasteiger partial charge is 0.337 e. The van der Waals surface area contributed by atoms with Gasteiger partial charge in [0.1, 0.15) is 5.75 Å². The summed E-state index contributed by atoms with van der Waals surface area (Å²) in [5, 5.41) is 3.18. The number of amides is 1. The first-order valence-corrected chi connectivity index (χ1v) is 13.3. The molecule has 2 aromatic rings. The highest BCUT2D eigenvalue weighted by molar-refractivity contribution is 5.89. The van der Waals surface area contributed by atoms with Crippen molar-refractivity contribution in [2.45, 2.75) is 56.9 Å². The van der Waals surface area contributed by atoms with Gasteiger partial charge in [0, 0.05) is 24.5 Å². The predicted octanol–water partition coefficient (Wildman–Crippen LogP) is 4.15. The van der Waals surface area contributed by atoms with E-state index in [-0.39, 0.29) is 17.3 Å². The first-order chi connectivity index (χ1) is 17.4. The van der Waals surface area contributed by atoms with Crippen molar-refractivity contribution in [1.82, 2.24) is 10.2 Å². The fourth-order valence-corrected chi connectivity index (χ4v) is 6.55. The average molecular weight is 491 g/mol. The Kier molecular flexibility index (Phi) is 7.07. The van der Waals surface area contributed by atoms with E-state index in [2.05, 4.69) is 35.3 Å². The molecule has 0 aromatic heterocycles. The summed E-state index contributed by atoms with van der Waals surface area (Å²) in [7, 11) is 3.10. The number of nitrogens with zero attached hydrogens (tertiary/aromatic N) is 1. The maximum absolute atomic E-state index is 12.8. The van der Waals surface area contributed by atoms with E-state index in [1.165, 1.54) is 37.6 Å². The number of carbonyl (C=O) groups is 2. The van der Waals surface area contributed by atoms with Crippen molar-refractivity contribution < 1.29 is 19.1 Å². The summed E-state index contributed by atoms with van der Waals surface area (Å²) in [4.78, 5) is 27.2. The Hall–Kier alpha value is -2.86. The number of fused-ring (bicyclic) bond motifs is 4.